The van der Waals surface area contributed by atoms with Gasteiger partial charge in [-0.2, -0.15) is 0 Å². The highest BCUT2D eigenvalue weighted by Gasteiger charge is 2.52. The number of esters is 1. The van der Waals surface area contributed by atoms with Crippen molar-refractivity contribution in [2.45, 2.75) is 130 Å². The van der Waals surface area contributed by atoms with Gasteiger partial charge in [0.05, 0.1) is 23.9 Å². The molecule has 296 valence electrons. The quantitative estimate of drug-likeness (QED) is 0.275. The number of Topliss-reactive ketones (excluding diaryl/α,β-unsaturated/α-hetero) is 1. The van der Waals surface area contributed by atoms with Gasteiger partial charge in [-0.3, -0.25) is 24.3 Å². The second-order valence-corrected chi connectivity index (χ2v) is 17.0. The Balaban J connectivity index is 1.62. The predicted molar refractivity (Wildman–Crippen MR) is 204 cm³/mol. The van der Waals surface area contributed by atoms with Gasteiger partial charge in [0, 0.05) is 64.9 Å². The lowest BCUT2D eigenvalue weighted by molar-refractivity contribution is -0.295. The Morgan fingerprint density at radius 1 is 0.981 bits per heavy atom. The van der Waals surface area contributed by atoms with E-state index in [0.717, 1.165) is 58.8 Å². The Labute approximate surface area is 314 Å². The summed E-state index contributed by atoms with van der Waals surface area (Å²) in [6, 6.07) is 10.4. The third-order valence-electron chi connectivity index (χ3n) is 11.9. The van der Waals surface area contributed by atoms with Gasteiger partial charge in [0.1, 0.15) is 17.6 Å². The van der Waals surface area contributed by atoms with Crippen LogP contribution in [0.5, 0.6) is 0 Å². The molecule has 0 amide bonds. The van der Waals surface area contributed by atoms with Crippen LogP contribution in [0.4, 0.5) is 0 Å². The lowest BCUT2D eigenvalue weighted by atomic mass is 9.74. The fourth-order valence-corrected chi connectivity index (χ4v) is 8.74. The van der Waals surface area contributed by atoms with Crippen LogP contribution < -0.4 is 0 Å². The van der Waals surface area contributed by atoms with E-state index in [9.17, 15) is 14.7 Å². The Morgan fingerprint density at radius 3 is 2.21 bits per heavy atom. The number of ether oxygens (including phenoxy) is 4. The van der Waals surface area contributed by atoms with Crippen molar-refractivity contribution in [2.75, 3.05) is 67.0 Å². The first kappa shape index (κ1) is 42.8. The molecule has 0 aliphatic carbocycles. The molecule has 1 aromatic rings. The summed E-state index contributed by atoms with van der Waals surface area (Å²) in [7, 11) is 5.53. The average Bonchev–Trinajstić information content (AvgIpc) is 3.10. The predicted octanol–water partition coefficient (Wildman–Crippen LogP) is 4.30. The molecule has 0 bridgehead atoms. The molecular formula is C41H70N4O7. The molecule has 11 heteroatoms. The van der Waals surface area contributed by atoms with Gasteiger partial charge < -0.3 is 29.0 Å². The molecular weight excluding hydrogens is 660 g/mol. The SMILES string of the molecule is CCCN1C[C@H](C)C[C@@](C)(OC)[C@H](O[C@@H]2O[C@H](C)C[C@H](N(C)C)[C@H]2O)[C@@H](C)C(=O)C(C)(C)C(=O)O[C@@H](C)[C@@H]1CN1CCN(Cc2ccccc2)CC1. The first-order valence-corrected chi connectivity index (χ1v) is 19.7. The number of hydrogen-bond donors (Lipinski definition) is 1. The van der Waals surface area contributed by atoms with E-state index in [2.05, 4.69) is 58.9 Å². The molecule has 3 heterocycles. The van der Waals surface area contributed by atoms with Crippen molar-refractivity contribution in [3.63, 3.8) is 0 Å². The van der Waals surface area contributed by atoms with Crippen molar-refractivity contribution in [2.24, 2.45) is 17.3 Å². The van der Waals surface area contributed by atoms with Crippen LogP contribution in [0, 0.1) is 17.3 Å². The molecule has 0 spiro atoms. The van der Waals surface area contributed by atoms with E-state index in [1.54, 1.807) is 27.9 Å². The summed E-state index contributed by atoms with van der Waals surface area (Å²) < 4.78 is 25.6. The number of rotatable bonds is 10. The average molecular weight is 731 g/mol. The molecule has 1 aromatic carbocycles. The van der Waals surface area contributed by atoms with Gasteiger partial charge in [-0.25, -0.2) is 0 Å². The third kappa shape index (κ3) is 10.4. The smallest absolute Gasteiger partial charge is 0.319 e. The summed E-state index contributed by atoms with van der Waals surface area (Å²) >= 11 is 0. The van der Waals surface area contributed by atoms with Crippen LogP contribution in [-0.4, -0.2) is 152 Å². The van der Waals surface area contributed by atoms with E-state index in [-0.39, 0.29) is 29.9 Å². The zero-order valence-electron chi connectivity index (χ0n) is 34.0. The van der Waals surface area contributed by atoms with Gasteiger partial charge in [-0.1, -0.05) is 51.1 Å². The number of aliphatic hydroxyl groups excluding tert-OH is 1. The maximum Gasteiger partial charge on any atom is 0.319 e. The number of carbonyl (C=O) groups excluding carboxylic acids is 2. The van der Waals surface area contributed by atoms with E-state index in [1.165, 1.54) is 5.56 Å². The molecule has 11 nitrogen and oxygen atoms in total. The van der Waals surface area contributed by atoms with E-state index in [4.69, 9.17) is 18.9 Å². The highest BCUT2D eigenvalue weighted by Crippen LogP contribution is 2.38. The minimum absolute atomic E-state index is 0.0628. The first-order chi connectivity index (χ1) is 24.5. The molecule has 3 saturated heterocycles. The summed E-state index contributed by atoms with van der Waals surface area (Å²) in [5.41, 5.74) is -1.06. The summed E-state index contributed by atoms with van der Waals surface area (Å²) in [6.07, 6.45) is -1.12. The Kier molecular flexibility index (Phi) is 15.3. The molecule has 1 N–H and O–H groups in total. The summed E-state index contributed by atoms with van der Waals surface area (Å²) in [5.74, 6) is -1.45. The second-order valence-electron chi connectivity index (χ2n) is 17.0. The topological polar surface area (TPSA) is 104 Å². The minimum atomic E-state index is -1.45. The molecule has 0 aromatic heterocycles. The highest BCUT2D eigenvalue weighted by molar-refractivity contribution is 6.04. The molecule has 3 fully saturated rings. The molecule has 0 saturated carbocycles. The van der Waals surface area contributed by atoms with Gasteiger partial charge in [0.25, 0.3) is 0 Å². The summed E-state index contributed by atoms with van der Waals surface area (Å²) in [5, 5.41) is 11.4. The number of methoxy groups -OCH3 is 1. The van der Waals surface area contributed by atoms with Crippen molar-refractivity contribution in [1.82, 2.24) is 19.6 Å². The normalized spacial score (nSPS) is 36.5. The lowest BCUT2D eigenvalue weighted by Crippen LogP contribution is -2.59. The Bertz CT molecular complexity index is 1270. The lowest BCUT2D eigenvalue weighted by Gasteiger charge is -2.47. The maximum absolute atomic E-state index is 14.5. The van der Waals surface area contributed by atoms with E-state index in [1.807, 2.05) is 39.8 Å². The van der Waals surface area contributed by atoms with Crippen molar-refractivity contribution in [3.8, 4) is 0 Å². The number of hydrogen-bond acceptors (Lipinski definition) is 11. The Morgan fingerprint density at radius 2 is 1.62 bits per heavy atom. The highest BCUT2D eigenvalue weighted by atomic mass is 16.7. The van der Waals surface area contributed by atoms with Gasteiger partial charge in [0.2, 0.25) is 0 Å². The molecule has 4 rings (SSSR count). The number of ketones is 1. The fraction of sp³-hybridized carbons (Fsp3) is 0.805. The number of aliphatic hydroxyl groups is 1. The van der Waals surface area contributed by atoms with Crippen molar-refractivity contribution >= 4 is 11.8 Å². The fourth-order valence-electron chi connectivity index (χ4n) is 8.74. The number of cyclic esters (lactones) is 1. The van der Waals surface area contributed by atoms with E-state index >= 15 is 0 Å². The van der Waals surface area contributed by atoms with Crippen LogP contribution in [-0.2, 0) is 35.1 Å². The minimum Gasteiger partial charge on any atom is -0.460 e. The third-order valence-corrected chi connectivity index (χ3v) is 11.9. The second kappa shape index (κ2) is 18.6. The van der Waals surface area contributed by atoms with Crippen LogP contribution in [0.25, 0.3) is 0 Å². The Hall–Kier alpha value is -1.96. The molecule has 52 heavy (non-hydrogen) atoms. The summed E-state index contributed by atoms with van der Waals surface area (Å²) in [4.78, 5) is 38.1. The van der Waals surface area contributed by atoms with Crippen LogP contribution in [0.1, 0.15) is 80.2 Å². The maximum atomic E-state index is 14.5. The number of piperazine rings is 1. The largest absolute Gasteiger partial charge is 0.460 e. The van der Waals surface area contributed by atoms with Crippen LogP contribution in [0.3, 0.4) is 0 Å². The van der Waals surface area contributed by atoms with Gasteiger partial charge in [-0.15, -0.1) is 0 Å². The van der Waals surface area contributed by atoms with Crippen molar-refractivity contribution < 1.29 is 33.6 Å². The van der Waals surface area contributed by atoms with Crippen molar-refractivity contribution in [3.05, 3.63) is 35.9 Å². The van der Waals surface area contributed by atoms with Crippen LogP contribution >= 0.6 is 0 Å². The zero-order chi connectivity index (χ0) is 38.4. The van der Waals surface area contributed by atoms with Gasteiger partial charge >= 0.3 is 5.97 Å². The van der Waals surface area contributed by atoms with Gasteiger partial charge in [0.15, 0.2) is 12.1 Å². The van der Waals surface area contributed by atoms with E-state index < -0.39 is 47.5 Å². The zero-order valence-corrected chi connectivity index (χ0v) is 34.0. The molecule has 0 radical (unpaired) electrons. The number of carbonyl (C=O) groups is 2. The molecule has 10 atom stereocenters. The monoisotopic (exact) mass is 731 g/mol. The van der Waals surface area contributed by atoms with Crippen LogP contribution in [0.2, 0.25) is 0 Å². The molecule has 0 unspecified atom stereocenters. The number of likely N-dealkylation sites (N-methyl/N-ethyl adjacent to an activating group) is 1. The van der Waals surface area contributed by atoms with Crippen molar-refractivity contribution in [1.29, 1.82) is 0 Å². The molecule has 3 aliphatic heterocycles. The summed E-state index contributed by atoms with van der Waals surface area (Å²) in [6.45, 7) is 22.6. The number of nitrogens with zero attached hydrogens (tertiary/aromatic N) is 4. The number of benzene rings is 1. The standard InChI is InChI=1S/C41H70N4O7/c1-12-18-45-25-28(2)24-41(8,49-11)37(52-38-35(46)33(42(9)10)23-29(3)50-38)30(4)36(47)40(6,7)39(48)51-31(5)34(45)27-44-21-19-43(20-22-44)26-32-16-14-13-15-17-32/h13-17,28-31,33-35,37-38,46H,12,18-27H2,1-11H3/t28-,29-,30+,31+,33+,34+,35-,37-,38+,41-/m1/s1. The van der Waals surface area contributed by atoms with E-state index in [0.29, 0.717) is 12.8 Å². The van der Waals surface area contributed by atoms with Gasteiger partial charge in [-0.05, 0) is 86.0 Å². The first-order valence-electron chi connectivity index (χ1n) is 19.7. The molecule has 3 aliphatic rings. The van der Waals surface area contributed by atoms with Crippen LogP contribution in [0.15, 0.2) is 30.3 Å².